The Morgan fingerprint density at radius 1 is 1.17 bits per heavy atom. The molecule has 0 unspecified atom stereocenters. The highest BCUT2D eigenvalue weighted by Crippen LogP contribution is 2.11. The van der Waals surface area contributed by atoms with Gasteiger partial charge in [-0.3, -0.25) is 9.59 Å². The number of benzene rings is 1. The van der Waals surface area contributed by atoms with E-state index in [1.54, 1.807) is 30.9 Å². The Balaban J connectivity index is 2.73. The lowest BCUT2D eigenvalue weighted by Gasteiger charge is -2.24. The van der Waals surface area contributed by atoms with Crippen molar-refractivity contribution in [1.82, 2.24) is 4.90 Å². The topological polar surface area (TPSA) is 107 Å². The molecular weight excluding hydrogens is 332 g/mol. The van der Waals surface area contributed by atoms with E-state index in [0.717, 1.165) is 5.56 Å². The van der Waals surface area contributed by atoms with Gasteiger partial charge in [0.25, 0.3) is 0 Å². The molecule has 0 heterocycles. The van der Waals surface area contributed by atoms with Gasteiger partial charge in [-0.05, 0) is 24.1 Å². The predicted molar refractivity (Wildman–Crippen MR) is 89.6 cm³/mol. The van der Waals surface area contributed by atoms with Crippen LogP contribution in [-0.4, -0.2) is 45.4 Å². The molecule has 1 rings (SSSR count). The largest absolute Gasteiger partial charge is 0.469 e. The summed E-state index contributed by atoms with van der Waals surface area (Å²) in [5.41, 5.74) is 0.877. The van der Waals surface area contributed by atoms with Crippen LogP contribution < -0.4 is 5.14 Å². The molecule has 2 N–H and O–H groups in total. The lowest BCUT2D eigenvalue weighted by atomic mass is 10.1. The van der Waals surface area contributed by atoms with E-state index in [2.05, 4.69) is 4.74 Å². The highest BCUT2D eigenvalue weighted by molar-refractivity contribution is 7.89. The average Bonchev–Trinajstić information content (AvgIpc) is 2.53. The number of sulfonamides is 1. The maximum Gasteiger partial charge on any atom is 0.307 e. The Morgan fingerprint density at radius 2 is 1.75 bits per heavy atom. The van der Waals surface area contributed by atoms with Crippen LogP contribution in [0.5, 0.6) is 0 Å². The second kappa shape index (κ2) is 8.79. The molecule has 1 aromatic rings. The first kappa shape index (κ1) is 20.1. The van der Waals surface area contributed by atoms with Crippen LogP contribution in [0.1, 0.15) is 25.8 Å². The molecule has 0 aliphatic carbocycles. The second-order valence-corrected chi connectivity index (χ2v) is 7.31. The lowest BCUT2D eigenvalue weighted by Crippen LogP contribution is -2.37. The molecule has 0 atom stereocenters. The summed E-state index contributed by atoms with van der Waals surface area (Å²) in [5, 5.41) is 5.06. The van der Waals surface area contributed by atoms with E-state index in [4.69, 9.17) is 5.14 Å². The molecule has 8 heteroatoms. The molecule has 0 spiro atoms. The van der Waals surface area contributed by atoms with Crippen LogP contribution in [0.4, 0.5) is 0 Å². The van der Waals surface area contributed by atoms with Gasteiger partial charge in [-0.2, -0.15) is 0 Å². The Morgan fingerprint density at radius 3 is 2.21 bits per heavy atom. The fourth-order valence-corrected chi connectivity index (χ4v) is 2.65. The van der Waals surface area contributed by atoms with Gasteiger partial charge in [0.1, 0.15) is 0 Å². The molecule has 0 bridgehead atoms. The van der Waals surface area contributed by atoms with Gasteiger partial charge in [-0.15, -0.1) is 0 Å². The number of ether oxygens (including phenoxy) is 1. The maximum absolute atomic E-state index is 12.2. The number of nitrogens with zero attached hydrogens (tertiary/aromatic N) is 1. The summed E-state index contributed by atoms with van der Waals surface area (Å²) in [4.78, 5) is 25.2. The molecule has 1 amide bonds. The summed E-state index contributed by atoms with van der Waals surface area (Å²) in [5.74, 6) is -0.582. The van der Waals surface area contributed by atoms with Crippen LogP contribution >= 0.6 is 0 Å². The molecule has 24 heavy (non-hydrogen) atoms. The standard InChI is InChI=1S/C16H24N2O5S/c1-12(2)16(20)18(11-9-15(19)23-3)10-8-13-4-6-14(7-5-13)24(17,21)22/h4-7,12H,8-11H2,1-3H3,(H2,17,21,22). The molecule has 0 aliphatic heterocycles. The number of carbonyl (C=O) groups is 2. The van der Waals surface area contributed by atoms with Crippen molar-refractivity contribution in [3.05, 3.63) is 29.8 Å². The molecule has 0 radical (unpaired) electrons. The molecule has 0 aromatic heterocycles. The molecule has 7 nitrogen and oxygen atoms in total. The third kappa shape index (κ3) is 6.29. The van der Waals surface area contributed by atoms with Crippen LogP contribution in [0.3, 0.4) is 0 Å². The van der Waals surface area contributed by atoms with Crippen molar-refractivity contribution in [3.63, 3.8) is 0 Å². The van der Waals surface area contributed by atoms with Crippen molar-refractivity contribution < 1.29 is 22.7 Å². The molecular formula is C16H24N2O5S. The number of carbonyl (C=O) groups excluding carboxylic acids is 2. The molecule has 0 fully saturated rings. The fourth-order valence-electron chi connectivity index (χ4n) is 2.14. The molecule has 0 saturated heterocycles. The summed E-state index contributed by atoms with van der Waals surface area (Å²) < 4.78 is 27.1. The minimum atomic E-state index is -3.71. The highest BCUT2D eigenvalue weighted by Gasteiger charge is 2.18. The summed E-state index contributed by atoms with van der Waals surface area (Å²) in [6, 6.07) is 6.21. The minimum Gasteiger partial charge on any atom is -0.469 e. The van der Waals surface area contributed by atoms with Crippen molar-refractivity contribution in [2.24, 2.45) is 11.1 Å². The lowest BCUT2D eigenvalue weighted by molar-refractivity contribution is -0.142. The van der Waals surface area contributed by atoms with E-state index in [1.165, 1.54) is 19.2 Å². The number of hydrogen-bond donors (Lipinski definition) is 1. The Bertz CT molecular complexity index is 668. The van der Waals surface area contributed by atoms with Crippen molar-refractivity contribution in [1.29, 1.82) is 0 Å². The summed E-state index contributed by atoms with van der Waals surface area (Å²) in [6.07, 6.45) is 0.684. The number of primary sulfonamides is 1. The number of rotatable bonds is 8. The second-order valence-electron chi connectivity index (χ2n) is 5.75. The number of methoxy groups -OCH3 is 1. The van der Waals surface area contributed by atoms with E-state index < -0.39 is 10.0 Å². The van der Waals surface area contributed by atoms with Gasteiger partial charge in [-0.1, -0.05) is 26.0 Å². The van der Waals surface area contributed by atoms with Crippen LogP contribution in [0.25, 0.3) is 0 Å². The zero-order valence-electron chi connectivity index (χ0n) is 14.2. The zero-order valence-corrected chi connectivity index (χ0v) is 15.0. The number of hydrogen-bond acceptors (Lipinski definition) is 5. The Labute approximate surface area is 142 Å². The number of amides is 1. The number of esters is 1. The van der Waals surface area contributed by atoms with Gasteiger partial charge in [0, 0.05) is 19.0 Å². The van der Waals surface area contributed by atoms with Gasteiger partial charge in [0.2, 0.25) is 15.9 Å². The van der Waals surface area contributed by atoms with Gasteiger partial charge in [0.15, 0.2) is 0 Å². The van der Waals surface area contributed by atoms with Crippen LogP contribution in [0, 0.1) is 5.92 Å². The van der Waals surface area contributed by atoms with Crippen molar-refractivity contribution >= 4 is 21.9 Å². The summed E-state index contributed by atoms with van der Waals surface area (Å²) in [6.45, 7) is 4.32. The first-order valence-corrected chi connectivity index (χ1v) is 9.17. The quantitative estimate of drug-likeness (QED) is 0.697. The number of nitrogens with two attached hydrogens (primary N) is 1. The minimum absolute atomic E-state index is 0.0416. The van der Waals surface area contributed by atoms with Gasteiger partial charge < -0.3 is 9.64 Å². The van der Waals surface area contributed by atoms with Gasteiger partial charge >= 0.3 is 5.97 Å². The average molecular weight is 356 g/mol. The Kier molecular flexibility index (Phi) is 7.37. The monoisotopic (exact) mass is 356 g/mol. The van der Waals surface area contributed by atoms with E-state index in [9.17, 15) is 18.0 Å². The third-order valence-corrected chi connectivity index (χ3v) is 4.47. The summed E-state index contributed by atoms with van der Waals surface area (Å²) in [7, 11) is -2.40. The van der Waals surface area contributed by atoms with Crippen molar-refractivity contribution in [2.45, 2.75) is 31.6 Å². The van der Waals surface area contributed by atoms with E-state index in [1.807, 2.05) is 0 Å². The highest BCUT2D eigenvalue weighted by atomic mass is 32.2. The van der Waals surface area contributed by atoms with Crippen molar-refractivity contribution in [2.75, 3.05) is 20.2 Å². The van der Waals surface area contributed by atoms with Gasteiger partial charge in [-0.25, -0.2) is 13.6 Å². The predicted octanol–water partition coefficient (Wildman–Crippen LogP) is 0.924. The smallest absolute Gasteiger partial charge is 0.307 e. The van der Waals surface area contributed by atoms with E-state index in [-0.39, 0.29) is 29.1 Å². The van der Waals surface area contributed by atoms with Crippen LogP contribution in [-0.2, 0) is 30.8 Å². The first-order valence-electron chi connectivity index (χ1n) is 7.62. The molecule has 0 saturated carbocycles. The van der Waals surface area contributed by atoms with Crippen LogP contribution in [0.15, 0.2) is 29.2 Å². The Hall–Kier alpha value is -1.93. The normalized spacial score (nSPS) is 11.4. The molecule has 0 aliphatic rings. The SMILES string of the molecule is COC(=O)CCN(CCc1ccc(S(N)(=O)=O)cc1)C(=O)C(C)C. The van der Waals surface area contributed by atoms with Crippen molar-refractivity contribution in [3.8, 4) is 0 Å². The maximum atomic E-state index is 12.2. The third-order valence-electron chi connectivity index (χ3n) is 3.54. The zero-order chi connectivity index (χ0) is 18.3. The fraction of sp³-hybridized carbons (Fsp3) is 0.500. The van der Waals surface area contributed by atoms with E-state index in [0.29, 0.717) is 19.5 Å². The van der Waals surface area contributed by atoms with E-state index >= 15 is 0 Å². The first-order chi connectivity index (χ1) is 11.1. The molecule has 134 valence electrons. The van der Waals surface area contributed by atoms with Gasteiger partial charge in [0.05, 0.1) is 18.4 Å². The molecule has 1 aromatic carbocycles. The summed E-state index contributed by atoms with van der Waals surface area (Å²) >= 11 is 0. The van der Waals surface area contributed by atoms with Crippen LogP contribution in [0.2, 0.25) is 0 Å².